The molecule has 0 saturated carbocycles. The predicted molar refractivity (Wildman–Crippen MR) is 41.2 cm³/mol. The second kappa shape index (κ2) is 2.64. The van der Waals surface area contributed by atoms with Gasteiger partial charge in [0.05, 0.1) is 0 Å². The van der Waals surface area contributed by atoms with Gasteiger partial charge in [-0.05, 0) is 12.1 Å². The van der Waals surface area contributed by atoms with E-state index < -0.39 is 0 Å². The minimum Gasteiger partial charge on any atom is -0.375 e. The maximum atomic E-state index is 4.87. The Hall–Kier alpha value is -0.830. The van der Waals surface area contributed by atoms with Crippen molar-refractivity contribution in [3.63, 3.8) is 0 Å². The van der Waals surface area contributed by atoms with Crippen molar-refractivity contribution in [2.24, 2.45) is 0 Å². The predicted octanol–water partition coefficient (Wildman–Crippen LogP) is 1.79. The summed E-state index contributed by atoms with van der Waals surface area (Å²) in [4.78, 5) is 2.96. The van der Waals surface area contributed by atoms with E-state index in [-0.39, 0.29) is 0 Å². The molecule has 48 valence electrons. The Morgan fingerprint density at radius 3 is 2.78 bits per heavy atom. The van der Waals surface area contributed by atoms with Gasteiger partial charge in [-0.2, -0.15) is 0 Å². The molecule has 0 aliphatic rings. The van der Waals surface area contributed by atoms with Crippen molar-refractivity contribution >= 4 is 18.0 Å². The van der Waals surface area contributed by atoms with E-state index in [1.54, 1.807) is 0 Å². The van der Waals surface area contributed by atoms with E-state index in [0.717, 1.165) is 10.5 Å². The molecule has 0 aromatic carbocycles. The molecule has 0 fully saturated rings. The number of anilines is 1. The lowest BCUT2D eigenvalue weighted by Crippen LogP contribution is -1.89. The van der Waals surface area contributed by atoms with E-state index in [1.165, 1.54) is 0 Å². The quantitative estimate of drug-likeness (QED) is 0.582. The third-order valence-electron chi connectivity index (χ3n) is 1.04. The Labute approximate surface area is 58.9 Å². The number of rotatable bonds is 1. The van der Waals surface area contributed by atoms with Crippen molar-refractivity contribution in [2.75, 3.05) is 12.4 Å². The molecular weight excluding hydrogens is 132 g/mol. The van der Waals surface area contributed by atoms with Crippen LogP contribution in [0.2, 0.25) is 0 Å². The molecule has 1 rings (SSSR count). The number of nitrogens with one attached hydrogen (secondary N) is 2. The largest absolute Gasteiger partial charge is 0.375 e. The van der Waals surface area contributed by atoms with Gasteiger partial charge in [0.1, 0.15) is 10.5 Å². The van der Waals surface area contributed by atoms with Crippen LogP contribution in [-0.2, 0) is 0 Å². The van der Waals surface area contributed by atoms with E-state index in [9.17, 15) is 0 Å². The SMILES string of the molecule is CNc1cccc(=S)[nH]1. The molecule has 0 aliphatic heterocycles. The zero-order valence-electron chi connectivity index (χ0n) is 5.14. The van der Waals surface area contributed by atoms with E-state index in [2.05, 4.69) is 10.3 Å². The summed E-state index contributed by atoms with van der Waals surface area (Å²) in [6.07, 6.45) is 0. The average Bonchev–Trinajstić information content (AvgIpc) is 1.88. The fraction of sp³-hybridized carbons (Fsp3) is 0.167. The molecule has 0 radical (unpaired) electrons. The van der Waals surface area contributed by atoms with Crippen LogP contribution < -0.4 is 5.32 Å². The van der Waals surface area contributed by atoms with Gasteiger partial charge in [0.2, 0.25) is 0 Å². The second-order valence-electron chi connectivity index (χ2n) is 1.68. The second-order valence-corrected chi connectivity index (χ2v) is 2.12. The first kappa shape index (κ1) is 6.29. The van der Waals surface area contributed by atoms with Gasteiger partial charge in [-0.25, -0.2) is 0 Å². The van der Waals surface area contributed by atoms with Crippen LogP contribution in [-0.4, -0.2) is 12.0 Å². The smallest absolute Gasteiger partial charge is 0.104 e. The minimum absolute atomic E-state index is 0.752. The molecule has 0 bridgehead atoms. The van der Waals surface area contributed by atoms with Crippen LogP contribution in [0.4, 0.5) is 5.82 Å². The first-order valence-electron chi connectivity index (χ1n) is 2.70. The van der Waals surface area contributed by atoms with Crippen molar-refractivity contribution in [3.05, 3.63) is 22.8 Å². The molecule has 0 aliphatic carbocycles. The van der Waals surface area contributed by atoms with Crippen molar-refractivity contribution in [1.82, 2.24) is 4.98 Å². The zero-order chi connectivity index (χ0) is 6.69. The van der Waals surface area contributed by atoms with Gasteiger partial charge >= 0.3 is 0 Å². The van der Waals surface area contributed by atoms with E-state index in [0.29, 0.717) is 0 Å². The highest BCUT2D eigenvalue weighted by Crippen LogP contribution is 1.98. The van der Waals surface area contributed by atoms with Gasteiger partial charge in [-0.1, -0.05) is 18.3 Å². The molecule has 1 heterocycles. The van der Waals surface area contributed by atoms with Crippen LogP contribution in [0, 0.1) is 4.64 Å². The first-order valence-corrected chi connectivity index (χ1v) is 3.11. The summed E-state index contributed by atoms with van der Waals surface area (Å²) in [5, 5.41) is 2.95. The fourth-order valence-electron chi connectivity index (χ4n) is 0.594. The molecule has 1 aromatic heterocycles. The summed E-state index contributed by atoms with van der Waals surface area (Å²) in [5.74, 6) is 0.947. The summed E-state index contributed by atoms with van der Waals surface area (Å²) in [6, 6.07) is 5.68. The molecule has 0 unspecified atom stereocenters. The van der Waals surface area contributed by atoms with Crippen molar-refractivity contribution in [1.29, 1.82) is 0 Å². The summed E-state index contributed by atoms with van der Waals surface area (Å²) in [5.41, 5.74) is 0. The molecule has 1 aromatic rings. The van der Waals surface area contributed by atoms with Crippen LogP contribution in [0.3, 0.4) is 0 Å². The van der Waals surface area contributed by atoms with Crippen molar-refractivity contribution in [2.45, 2.75) is 0 Å². The Kier molecular flexibility index (Phi) is 1.85. The third kappa shape index (κ3) is 1.54. The van der Waals surface area contributed by atoms with Gasteiger partial charge in [-0.3, -0.25) is 0 Å². The number of pyridine rings is 1. The van der Waals surface area contributed by atoms with Crippen LogP contribution in [0.1, 0.15) is 0 Å². The molecule has 0 atom stereocenters. The minimum atomic E-state index is 0.752. The number of aromatic amines is 1. The van der Waals surface area contributed by atoms with Gasteiger partial charge < -0.3 is 10.3 Å². The molecule has 0 spiro atoms. The Morgan fingerprint density at radius 2 is 2.33 bits per heavy atom. The number of aromatic nitrogens is 1. The lowest BCUT2D eigenvalue weighted by Gasteiger charge is -1.96. The number of hydrogen-bond donors (Lipinski definition) is 2. The van der Waals surface area contributed by atoms with Gasteiger partial charge in [-0.15, -0.1) is 0 Å². The van der Waals surface area contributed by atoms with Crippen LogP contribution >= 0.6 is 12.2 Å². The van der Waals surface area contributed by atoms with E-state index in [1.807, 2.05) is 25.2 Å². The van der Waals surface area contributed by atoms with Gasteiger partial charge in [0.15, 0.2) is 0 Å². The molecule has 0 saturated heterocycles. The molecule has 3 heteroatoms. The highest BCUT2D eigenvalue weighted by molar-refractivity contribution is 7.71. The van der Waals surface area contributed by atoms with Crippen molar-refractivity contribution < 1.29 is 0 Å². The molecule has 2 nitrogen and oxygen atoms in total. The van der Waals surface area contributed by atoms with E-state index >= 15 is 0 Å². The molecule has 0 amide bonds. The number of H-pyrrole nitrogens is 1. The maximum absolute atomic E-state index is 4.87. The van der Waals surface area contributed by atoms with Gasteiger partial charge in [0.25, 0.3) is 0 Å². The lowest BCUT2D eigenvalue weighted by molar-refractivity contribution is 1.26. The van der Waals surface area contributed by atoms with E-state index in [4.69, 9.17) is 12.2 Å². The summed E-state index contributed by atoms with van der Waals surface area (Å²) in [6.45, 7) is 0. The standard InChI is InChI=1S/C6H8N2S/c1-7-5-3-2-4-6(9)8-5/h2-4H,1H3,(H2,7,8,9). The highest BCUT2D eigenvalue weighted by Gasteiger charge is 1.81. The molecular formula is C6H8N2S. The summed E-state index contributed by atoms with van der Waals surface area (Å²) >= 11 is 4.87. The maximum Gasteiger partial charge on any atom is 0.104 e. The highest BCUT2D eigenvalue weighted by atomic mass is 32.1. The normalized spacial score (nSPS) is 9.00. The topological polar surface area (TPSA) is 27.8 Å². The summed E-state index contributed by atoms with van der Waals surface area (Å²) < 4.78 is 0.752. The number of hydrogen-bond acceptors (Lipinski definition) is 2. The first-order chi connectivity index (χ1) is 4.33. The third-order valence-corrected chi connectivity index (χ3v) is 1.28. The lowest BCUT2D eigenvalue weighted by atomic mass is 10.5. The van der Waals surface area contributed by atoms with Crippen LogP contribution in [0.15, 0.2) is 18.2 Å². The summed E-state index contributed by atoms with van der Waals surface area (Å²) in [7, 11) is 1.85. The fourth-order valence-corrected chi connectivity index (χ4v) is 0.782. The Morgan fingerprint density at radius 1 is 1.56 bits per heavy atom. The van der Waals surface area contributed by atoms with Crippen LogP contribution in [0.5, 0.6) is 0 Å². The Balaban J connectivity index is 3.08. The van der Waals surface area contributed by atoms with Crippen LogP contribution in [0.25, 0.3) is 0 Å². The molecule has 9 heavy (non-hydrogen) atoms. The van der Waals surface area contributed by atoms with Gasteiger partial charge in [0, 0.05) is 7.05 Å². The average molecular weight is 140 g/mol. The Bertz CT molecular complexity index is 241. The zero-order valence-corrected chi connectivity index (χ0v) is 5.96. The van der Waals surface area contributed by atoms with Crippen molar-refractivity contribution in [3.8, 4) is 0 Å². The monoisotopic (exact) mass is 140 g/mol. The molecule has 2 N–H and O–H groups in total.